The number of aryl methyl sites for hydroxylation is 1. The van der Waals surface area contributed by atoms with Crippen molar-refractivity contribution in [1.82, 2.24) is 14.8 Å². The molecule has 0 aliphatic rings. The number of allylic oxidation sites excluding steroid dienone is 4. The van der Waals surface area contributed by atoms with Gasteiger partial charge in [-0.05, 0) is 24.1 Å². The summed E-state index contributed by atoms with van der Waals surface area (Å²) >= 11 is 0. The van der Waals surface area contributed by atoms with Gasteiger partial charge in [-0.1, -0.05) is 37.5 Å². The minimum atomic E-state index is 0.682. The average Bonchev–Trinajstić information content (AvgIpc) is 2.87. The molecule has 0 amide bonds. The highest BCUT2D eigenvalue weighted by Crippen LogP contribution is 2.19. The Kier molecular flexibility index (Phi) is 4.08. The van der Waals surface area contributed by atoms with Crippen molar-refractivity contribution in [2.45, 2.75) is 13.5 Å². The Hall–Kier alpha value is -2.42. The number of aromatic nitrogens is 3. The van der Waals surface area contributed by atoms with E-state index in [1.807, 2.05) is 48.3 Å². The molecule has 2 aromatic heterocycles. The van der Waals surface area contributed by atoms with Crippen LogP contribution in [0.3, 0.4) is 0 Å². The molecule has 2 aromatic rings. The van der Waals surface area contributed by atoms with Gasteiger partial charge in [-0.2, -0.15) is 5.10 Å². The summed E-state index contributed by atoms with van der Waals surface area (Å²) < 4.78 is 1.88. The van der Waals surface area contributed by atoms with E-state index < -0.39 is 0 Å². The van der Waals surface area contributed by atoms with Gasteiger partial charge in [0.2, 0.25) is 0 Å². The van der Waals surface area contributed by atoms with Crippen molar-refractivity contribution in [2.24, 2.45) is 0 Å². The molecule has 0 N–H and O–H groups in total. The molecule has 3 nitrogen and oxygen atoms in total. The van der Waals surface area contributed by atoms with Crippen LogP contribution in [0.2, 0.25) is 0 Å². The van der Waals surface area contributed by atoms with Crippen LogP contribution in [-0.2, 0) is 6.54 Å². The molecule has 0 atom stereocenters. The summed E-state index contributed by atoms with van der Waals surface area (Å²) in [6.07, 6.45) is 11.1. The van der Waals surface area contributed by atoms with E-state index in [9.17, 15) is 0 Å². The zero-order valence-corrected chi connectivity index (χ0v) is 11.1. The molecule has 0 aromatic carbocycles. The number of hydrogen-bond acceptors (Lipinski definition) is 2. The first-order chi connectivity index (χ1) is 9.24. The standard InChI is InChI=1S/C16H17N3/c1-4-7-14(5-2)11-19-12-15(10-18-19)16-13(3)8-6-9-17-16/h4-10,12H,1-2,11H2,3H3/b14-7+. The van der Waals surface area contributed by atoms with Gasteiger partial charge >= 0.3 is 0 Å². The summed E-state index contributed by atoms with van der Waals surface area (Å²) in [6.45, 7) is 10.2. The third kappa shape index (κ3) is 3.07. The van der Waals surface area contributed by atoms with Crippen LogP contribution in [0.4, 0.5) is 0 Å². The van der Waals surface area contributed by atoms with Gasteiger partial charge in [0.15, 0.2) is 0 Å². The maximum Gasteiger partial charge on any atom is 0.0762 e. The quantitative estimate of drug-likeness (QED) is 0.761. The summed E-state index contributed by atoms with van der Waals surface area (Å²) in [6, 6.07) is 3.98. The van der Waals surface area contributed by atoms with Gasteiger partial charge < -0.3 is 0 Å². The van der Waals surface area contributed by atoms with Gasteiger partial charge in [0.1, 0.15) is 0 Å². The van der Waals surface area contributed by atoms with Gasteiger partial charge in [0.05, 0.1) is 18.4 Å². The molecule has 0 saturated heterocycles. The first-order valence-corrected chi connectivity index (χ1v) is 6.13. The predicted octanol–water partition coefficient (Wildman–Crippen LogP) is 3.55. The lowest BCUT2D eigenvalue weighted by molar-refractivity contribution is 0.686. The highest BCUT2D eigenvalue weighted by Gasteiger charge is 2.06. The topological polar surface area (TPSA) is 30.7 Å². The number of nitrogens with zero attached hydrogens (tertiary/aromatic N) is 3. The molecule has 2 heterocycles. The molecule has 0 unspecified atom stereocenters. The van der Waals surface area contributed by atoms with Crippen LogP contribution >= 0.6 is 0 Å². The summed E-state index contributed by atoms with van der Waals surface area (Å²) in [5.41, 5.74) is 4.22. The molecular weight excluding hydrogens is 234 g/mol. The zero-order valence-electron chi connectivity index (χ0n) is 11.1. The van der Waals surface area contributed by atoms with Crippen molar-refractivity contribution in [1.29, 1.82) is 0 Å². The lowest BCUT2D eigenvalue weighted by Crippen LogP contribution is -1.99. The Morgan fingerprint density at radius 3 is 2.95 bits per heavy atom. The second-order valence-electron chi connectivity index (χ2n) is 4.28. The van der Waals surface area contributed by atoms with Crippen molar-refractivity contribution < 1.29 is 0 Å². The van der Waals surface area contributed by atoms with E-state index in [-0.39, 0.29) is 0 Å². The van der Waals surface area contributed by atoms with Crippen molar-refractivity contribution >= 4 is 0 Å². The first kappa shape index (κ1) is 13.0. The minimum Gasteiger partial charge on any atom is -0.268 e. The lowest BCUT2D eigenvalue weighted by atomic mass is 10.1. The Morgan fingerprint density at radius 2 is 2.26 bits per heavy atom. The average molecular weight is 251 g/mol. The number of rotatable bonds is 5. The van der Waals surface area contributed by atoms with E-state index in [0.29, 0.717) is 6.54 Å². The smallest absolute Gasteiger partial charge is 0.0762 e. The Morgan fingerprint density at radius 1 is 1.42 bits per heavy atom. The maximum absolute atomic E-state index is 4.39. The molecule has 0 aliphatic carbocycles. The monoisotopic (exact) mass is 251 g/mol. The van der Waals surface area contributed by atoms with Crippen LogP contribution in [-0.4, -0.2) is 14.8 Å². The fourth-order valence-electron chi connectivity index (χ4n) is 1.88. The SMILES string of the molecule is C=C/C=C(\C=C)Cn1cc(-c2ncccc2C)cn1. The molecule has 0 radical (unpaired) electrons. The number of hydrogen-bond donors (Lipinski definition) is 0. The van der Waals surface area contributed by atoms with Crippen LogP contribution in [0.25, 0.3) is 11.3 Å². The van der Waals surface area contributed by atoms with Gasteiger partial charge in [0, 0.05) is 18.0 Å². The molecule has 3 heteroatoms. The fraction of sp³-hybridized carbons (Fsp3) is 0.125. The molecule has 96 valence electrons. The molecule has 0 bridgehead atoms. The van der Waals surface area contributed by atoms with Crippen LogP contribution < -0.4 is 0 Å². The maximum atomic E-state index is 4.39. The highest BCUT2D eigenvalue weighted by atomic mass is 15.3. The van der Waals surface area contributed by atoms with E-state index in [0.717, 1.165) is 22.4 Å². The largest absolute Gasteiger partial charge is 0.268 e. The molecule has 0 aliphatic heterocycles. The Bertz CT molecular complexity index is 620. The van der Waals surface area contributed by atoms with Crippen molar-refractivity contribution in [2.75, 3.05) is 0 Å². The molecular formula is C16H17N3. The first-order valence-electron chi connectivity index (χ1n) is 6.13. The van der Waals surface area contributed by atoms with Crippen LogP contribution in [0.15, 0.2) is 67.7 Å². The fourth-order valence-corrected chi connectivity index (χ4v) is 1.88. The van der Waals surface area contributed by atoms with E-state index in [1.54, 1.807) is 12.3 Å². The molecule has 0 spiro atoms. The van der Waals surface area contributed by atoms with Gasteiger partial charge in [-0.25, -0.2) is 0 Å². The highest BCUT2D eigenvalue weighted by molar-refractivity contribution is 5.60. The van der Waals surface area contributed by atoms with Gasteiger partial charge in [-0.15, -0.1) is 0 Å². The summed E-state index contributed by atoms with van der Waals surface area (Å²) in [4.78, 5) is 4.39. The third-order valence-corrected chi connectivity index (χ3v) is 2.85. The predicted molar refractivity (Wildman–Crippen MR) is 78.7 cm³/mol. The minimum absolute atomic E-state index is 0.682. The number of pyridine rings is 1. The molecule has 19 heavy (non-hydrogen) atoms. The third-order valence-electron chi connectivity index (χ3n) is 2.85. The second kappa shape index (κ2) is 5.96. The van der Waals surface area contributed by atoms with Crippen molar-refractivity contribution in [3.05, 3.63) is 73.2 Å². The summed E-state index contributed by atoms with van der Waals surface area (Å²) in [5.74, 6) is 0. The van der Waals surface area contributed by atoms with E-state index >= 15 is 0 Å². The van der Waals surface area contributed by atoms with Crippen LogP contribution in [0.5, 0.6) is 0 Å². The van der Waals surface area contributed by atoms with Crippen LogP contribution in [0.1, 0.15) is 5.56 Å². The second-order valence-corrected chi connectivity index (χ2v) is 4.28. The van der Waals surface area contributed by atoms with Crippen molar-refractivity contribution in [3.8, 4) is 11.3 Å². The molecule has 2 rings (SSSR count). The van der Waals surface area contributed by atoms with Gasteiger partial charge in [-0.3, -0.25) is 9.67 Å². The van der Waals surface area contributed by atoms with Gasteiger partial charge in [0.25, 0.3) is 0 Å². The normalized spacial score (nSPS) is 11.3. The zero-order chi connectivity index (χ0) is 13.7. The van der Waals surface area contributed by atoms with E-state index in [4.69, 9.17) is 0 Å². The van der Waals surface area contributed by atoms with E-state index in [2.05, 4.69) is 23.2 Å². The van der Waals surface area contributed by atoms with Crippen LogP contribution in [0, 0.1) is 6.92 Å². The molecule has 0 fully saturated rings. The molecule has 0 saturated carbocycles. The summed E-state index contributed by atoms with van der Waals surface area (Å²) in [7, 11) is 0. The Labute approximate surface area is 113 Å². The lowest BCUT2D eigenvalue weighted by Gasteiger charge is -2.02. The van der Waals surface area contributed by atoms with Crippen molar-refractivity contribution in [3.63, 3.8) is 0 Å². The Balaban J connectivity index is 2.25. The summed E-state index contributed by atoms with van der Waals surface area (Å²) in [5, 5.41) is 4.36. The van der Waals surface area contributed by atoms with E-state index in [1.165, 1.54) is 0 Å².